The van der Waals surface area contributed by atoms with Gasteiger partial charge in [-0.2, -0.15) is 0 Å². The van der Waals surface area contributed by atoms with Crippen LogP contribution in [0.15, 0.2) is 0 Å². The van der Waals surface area contributed by atoms with Gasteiger partial charge in [-0.3, -0.25) is 14.4 Å². The van der Waals surface area contributed by atoms with Crippen molar-refractivity contribution in [2.45, 2.75) is 63.6 Å². The second-order valence-electron chi connectivity index (χ2n) is 4.85. The number of carbonyl (C=O) groups excluding carboxylic acids is 3. The quantitative estimate of drug-likeness (QED) is 0.699. The number of rotatable bonds is 2. The van der Waals surface area contributed by atoms with E-state index in [2.05, 4.69) is 0 Å². The van der Waals surface area contributed by atoms with Gasteiger partial charge in [0.25, 0.3) is 0 Å². The van der Waals surface area contributed by atoms with Crippen LogP contribution in [0, 0.1) is 0 Å². The molecule has 0 N–H and O–H groups in total. The van der Waals surface area contributed by atoms with Crippen molar-refractivity contribution in [3.05, 3.63) is 0 Å². The molecule has 0 aromatic rings. The van der Waals surface area contributed by atoms with Crippen molar-refractivity contribution >= 4 is 17.7 Å². The molecule has 2 rings (SSSR count). The minimum absolute atomic E-state index is 0.250. The van der Waals surface area contributed by atoms with Gasteiger partial charge >= 0.3 is 11.9 Å². The van der Waals surface area contributed by atoms with Gasteiger partial charge in [0, 0.05) is 12.8 Å². The van der Waals surface area contributed by atoms with Crippen LogP contribution in [0.3, 0.4) is 0 Å². The van der Waals surface area contributed by atoms with Crippen molar-refractivity contribution in [3.63, 3.8) is 0 Å². The molecule has 0 spiro atoms. The molecule has 18 heavy (non-hydrogen) atoms. The number of hydrogen-bond donors (Lipinski definition) is 0. The van der Waals surface area contributed by atoms with Crippen molar-refractivity contribution in [2.75, 3.05) is 0 Å². The van der Waals surface area contributed by atoms with Gasteiger partial charge in [-0.15, -0.1) is 0 Å². The van der Waals surface area contributed by atoms with E-state index in [0.717, 1.165) is 25.7 Å². The summed E-state index contributed by atoms with van der Waals surface area (Å²) in [6.45, 7) is 0. The maximum absolute atomic E-state index is 12.2. The molecule has 0 radical (unpaired) electrons. The van der Waals surface area contributed by atoms with Crippen LogP contribution in [-0.2, 0) is 23.9 Å². The van der Waals surface area contributed by atoms with Crippen LogP contribution < -0.4 is 0 Å². The van der Waals surface area contributed by atoms with Crippen LogP contribution in [0.25, 0.3) is 0 Å². The molecule has 2 saturated heterocycles. The summed E-state index contributed by atoms with van der Waals surface area (Å²) in [7, 11) is 0. The van der Waals surface area contributed by atoms with Crippen molar-refractivity contribution in [1.82, 2.24) is 0 Å². The fraction of sp³-hybridized carbons (Fsp3) is 0.769. The monoisotopic (exact) mass is 254 g/mol. The highest BCUT2D eigenvalue weighted by molar-refractivity contribution is 5.91. The van der Waals surface area contributed by atoms with Crippen molar-refractivity contribution in [2.24, 2.45) is 0 Å². The Hall–Kier alpha value is -1.39. The van der Waals surface area contributed by atoms with E-state index in [9.17, 15) is 14.4 Å². The number of Topliss-reactive ketones (excluding diaryl/α,β-unsaturated/α-hetero) is 1. The van der Waals surface area contributed by atoms with Crippen molar-refractivity contribution in [3.8, 4) is 0 Å². The summed E-state index contributed by atoms with van der Waals surface area (Å²) in [5.74, 6) is -0.905. The molecular weight excluding hydrogens is 236 g/mol. The van der Waals surface area contributed by atoms with E-state index in [-0.39, 0.29) is 17.7 Å². The molecule has 0 aromatic carbocycles. The standard InChI is InChI=1S/C13H18O5/c14-11-7-3-1-5-9(17-11)13(16)10-6-2-4-8-12(15)18-10/h9-10H,1-8H2. The Balaban J connectivity index is 1.99. The number of hydrogen-bond acceptors (Lipinski definition) is 5. The van der Waals surface area contributed by atoms with Crippen LogP contribution in [-0.4, -0.2) is 29.9 Å². The smallest absolute Gasteiger partial charge is 0.306 e. The molecule has 0 bridgehead atoms. The van der Waals surface area contributed by atoms with E-state index < -0.39 is 12.2 Å². The maximum atomic E-state index is 12.2. The Morgan fingerprint density at radius 1 is 0.833 bits per heavy atom. The molecule has 2 aliphatic rings. The Labute approximate surface area is 106 Å². The fourth-order valence-corrected chi connectivity index (χ4v) is 2.36. The van der Waals surface area contributed by atoms with Crippen LogP contribution in [0.1, 0.15) is 51.4 Å². The Kier molecular flexibility index (Phi) is 4.33. The fourth-order valence-electron chi connectivity index (χ4n) is 2.36. The van der Waals surface area contributed by atoms with E-state index in [1.165, 1.54) is 0 Å². The Bertz CT molecular complexity index is 317. The number of esters is 2. The van der Waals surface area contributed by atoms with Crippen molar-refractivity contribution < 1.29 is 23.9 Å². The first-order valence-corrected chi connectivity index (χ1v) is 6.59. The molecular formula is C13H18O5. The average molecular weight is 254 g/mol. The largest absolute Gasteiger partial charge is 0.454 e. The molecule has 2 atom stereocenters. The lowest BCUT2D eigenvalue weighted by atomic mass is 10.0. The van der Waals surface area contributed by atoms with Gasteiger partial charge in [0.05, 0.1) is 0 Å². The minimum Gasteiger partial charge on any atom is -0.454 e. The summed E-state index contributed by atoms with van der Waals surface area (Å²) in [5, 5.41) is 0. The van der Waals surface area contributed by atoms with Crippen molar-refractivity contribution in [1.29, 1.82) is 0 Å². The van der Waals surface area contributed by atoms with Crippen LogP contribution >= 0.6 is 0 Å². The lowest BCUT2D eigenvalue weighted by Gasteiger charge is -2.19. The van der Waals surface area contributed by atoms with Gasteiger partial charge in [-0.1, -0.05) is 0 Å². The van der Waals surface area contributed by atoms with Gasteiger partial charge in [-0.25, -0.2) is 0 Å². The molecule has 0 aliphatic carbocycles. The first kappa shape index (κ1) is 13.1. The van der Waals surface area contributed by atoms with E-state index in [1.54, 1.807) is 0 Å². The molecule has 2 unspecified atom stereocenters. The lowest BCUT2D eigenvalue weighted by molar-refractivity contribution is -0.163. The molecule has 2 aliphatic heterocycles. The third-order valence-corrected chi connectivity index (χ3v) is 3.38. The number of carbonyl (C=O) groups is 3. The van der Waals surface area contributed by atoms with Gasteiger partial charge in [0.2, 0.25) is 5.78 Å². The second kappa shape index (κ2) is 5.98. The summed E-state index contributed by atoms with van der Waals surface area (Å²) in [4.78, 5) is 34.9. The highest BCUT2D eigenvalue weighted by atomic mass is 16.6. The van der Waals surface area contributed by atoms with E-state index in [1.807, 2.05) is 0 Å². The minimum atomic E-state index is -0.726. The summed E-state index contributed by atoms with van der Waals surface area (Å²) in [6, 6.07) is 0. The number of ether oxygens (including phenoxy) is 2. The summed E-state index contributed by atoms with van der Waals surface area (Å²) in [5.41, 5.74) is 0. The topological polar surface area (TPSA) is 69.7 Å². The number of ketones is 1. The molecule has 2 fully saturated rings. The summed E-state index contributed by atoms with van der Waals surface area (Å²) in [6.07, 6.45) is 3.47. The average Bonchev–Trinajstić information content (AvgIpc) is 2.68. The first-order valence-electron chi connectivity index (χ1n) is 6.59. The molecule has 0 saturated carbocycles. The number of cyclic esters (lactones) is 2. The van der Waals surface area contributed by atoms with Crippen LogP contribution in [0.4, 0.5) is 0 Å². The highest BCUT2D eigenvalue weighted by Gasteiger charge is 2.34. The molecule has 5 nitrogen and oxygen atoms in total. The molecule has 100 valence electrons. The van der Waals surface area contributed by atoms with E-state index >= 15 is 0 Å². The predicted molar refractivity (Wildman–Crippen MR) is 61.7 cm³/mol. The zero-order valence-corrected chi connectivity index (χ0v) is 10.4. The first-order chi connectivity index (χ1) is 8.66. The van der Waals surface area contributed by atoms with Crippen LogP contribution in [0.5, 0.6) is 0 Å². The summed E-state index contributed by atoms with van der Waals surface area (Å²) >= 11 is 0. The third kappa shape index (κ3) is 3.31. The van der Waals surface area contributed by atoms with Crippen LogP contribution in [0.2, 0.25) is 0 Å². The molecule has 2 heterocycles. The third-order valence-electron chi connectivity index (χ3n) is 3.38. The zero-order valence-electron chi connectivity index (χ0n) is 10.4. The summed E-state index contributed by atoms with van der Waals surface area (Å²) < 4.78 is 10.2. The normalized spacial score (nSPS) is 29.8. The maximum Gasteiger partial charge on any atom is 0.306 e. The van der Waals surface area contributed by atoms with E-state index in [0.29, 0.717) is 25.7 Å². The second-order valence-corrected chi connectivity index (χ2v) is 4.85. The predicted octanol–water partition coefficient (Wildman–Crippen LogP) is 1.53. The van der Waals surface area contributed by atoms with Gasteiger partial charge in [0.1, 0.15) is 0 Å². The Morgan fingerprint density at radius 3 is 1.72 bits per heavy atom. The van der Waals surface area contributed by atoms with Gasteiger partial charge in [0.15, 0.2) is 12.2 Å². The molecule has 5 heteroatoms. The Morgan fingerprint density at radius 2 is 1.28 bits per heavy atom. The van der Waals surface area contributed by atoms with Gasteiger partial charge < -0.3 is 9.47 Å². The molecule has 0 aromatic heterocycles. The SMILES string of the molecule is O=C1CCCCC(C(=O)C2CCCCC(=O)O2)O1. The zero-order chi connectivity index (χ0) is 13.0. The highest BCUT2D eigenvalue weighted by Crippen LogP contribution is 2.21. The van der Waals surface area contributed by atoms with Gasteiger partial charge in [-0.05, 0) is 38.5 Å². The lowest BCUT2D eigenvalue weighted by Crippen LogP contribution is -2.37. The van der Waals surface area contributed by atoms with E-state index in [4.69, 9.17) is 9.47 Å². The molecule has 0 amide bonds.